The summed E-state index contributed by atoms with van der Waals surface area (Å²) in [6, 6.07) is 21.8. The first-order valence-corrected chi connectivity index (χ1v) is 11.6. The van der Waals surface area contributed by atoms with Crippen LogP contribution in [0.5, 0.6) is 5.75 Å². The monoisotopic (exact) mass is 525 g/mol. The minimum atomic E-state index is -1.24. The predicted molar refractivity (Wildman–Crippen MR) is 131 cm³/mol. The minimum absolute atomic E-state index is 0.175. The normalized spacial score (nSPS) is 16.9. The van der Waals surface area contributed by atoms with Crippen molar-refractivity contribution in [3.63, 3.8) is 0 Å². The van der Waals surface area contributed by atoms with Crippen molar-refractivity contribution in [3.05, 3.63) is 88.4 Å². The number of halogens is 1. The van der Waals surface area contributed by atoms with Crippen molar-refractivity contribution in [1.29, 1.82) is 0 Å². The van der Waals surface area contributed by atoms with Gasteiger partial charge in [-0.15, -0.1) is 0 Å². The molecule has 7 nitrogen and oxygen atoms in total. The Hall–Kier alpha value is -3.36. The third-order valence-electron chi connectivity index (χ3n) is 5.69. The number of aliphatic carboxylic acids is 1. The third kappa shape index (κ3) is 5.58. The number of amides is 1. The average Bonchev–Trinajstić information content (AvgIpc) is 2.83. The van der Waals surface area contributed by atoms with E-state index in [1.807, 2.05) is 60.7 Å². The van der Waals surface area contributed by atoms with Crippen LogP contribution in [-0.2, 0) is 22.4 Å². The van der Waals surface area contributed by atoms with Gasteiger partial charge in [0, 0.05) is 10.9 Å². The Morgan fingerprint density at radius 1 is 0.971 bits per heavy atom. The van der Waals surface area contributed by atoms with Crippen molar-refractivity contribution < 1.29 is 29.3 Å². The lowest BCUT2D eigenvalue weighted by molar-refractivity contribution is -0.139. The molecule has 1 aliphatic carbocycles. The number of rotatable bonds is 7. The number of carboxylic acids is 1. The van der Waals surface area contributed by atoms with Crippen LogP contribution < -0.4 is 9.64 Å². The first-order valence-electron chi connectivity index (χ1n) is 10.8. The second-order valence-electron chi connectivity index (χ2n) is 8.18. The van der Waals surface area contributed by atoms with Gasteiger partial charge in [0.1, 0.15) is 18.0 Å². The van der Waals surface area contributed by atoms with E-state index < -0.39 is 24.3 Å². The van der Waals surface area contributed by atoms with Crippen LogP contribution in [0.3, 0.4) is 0 Å². The van der Waals surface area contributed by atoms with Gasteiger partial charge in [-0.3, -0.25) is 0 Å². The minimum Gasteiger partial charge on any atom is -0.482 e. The molecule has 0 radical (unpaired) electrons. The van der Waals surface area contributed by atoms with Crippen LogP contribution >= 0.6 is 15.9 Å². The number of fused-ring (bicyclic) bond motifs is 1. The number of carboxylic acid groups (broad SMARTS) is 1. The van der Waals surface area contributed by atoms with Crippen LogP contribution in [0, 0.1) is 0 Å². The average molecular weight is 526 g/mol. The van der Waals surface area contributed by atoms with Gasteiger partial charge in [-0.1, -0.05) is 46.3 Å². The van der Waals surface area contributed by atoms with E-state index >= 15 is 0 Å². The maximum absolute atomic E-state index is 13.2. The molecule has 0 saturated carbocycles. The molecule has 1 amide bonds. The zero-order valence-corrected chi connectivity index (χ0v) is 19.9. The van der Waals surface area contributed by atoms with Crippen molar-refractivity contribution in [2.75, 3.05) is 18.1 Å². The van der Waals surface area contributed by atoms with Gasteiger partial charge < -0.3 is 19.7 Å². The molecule has 176 valence electrons. The number of ether oxygens (including phenoxy) is 2. The number of nitrogens with zero attached hydrogens (tertiary/aromatic N) is 1. The lowest BCUT2D eigenvalue weighted by Crippen LogP contribution is -2.42. The molecule has 0 unspecified atom stereocenters. The number of anilines is 2. The molecule has 0 fully saturated rings. The Kier molecular flexibility index (Phi) is 7.19. The van der Waals surface area contributed by atoms with Gasteiger partial charge >= 0.3 is 12.1 Å². The summed E-state index contributed by atoms with van der Waals surface area (Å²) < 4.78 is 11.9. The van der Waals surface area contributed by atoms with E-state index in [2.05, 4.69) is 15.9 Å². The van der Waals surface area contributed by atoms with Crippen LogP contribution in [0.15, 0.2) is 77.3 Å². The molecule has 0 heterocycles. The molecule has 2 N–H and O–H groups in total. The summed E-state index contributed by atoms with van der Waals surface area (Å²) in [6.45, 7) is -0.602. The summed E-state index contributed by atoms with van der Waals surface area (Å²) in [7, 11) is 0. The Bertz CT molecular complexity index is 1170. The highest BCUT2D eigenvalue weighted by atomic mass is 79.9. The highest BCUT2D eigenvalue weighted by molar-refractivity contribution is 9.10. The van der Waals surface area contributed by atoms with Crippen LogP contribution in [-0.4, -0.2) is 41.1 Å². The molecule has 3 aromatic rings. The molecule has 0 bridgehead atoms. The van der Waals surface area contributed by atoms with Crippen LogP contribution in [0.2, 0.25) is 0 Å². The first-order chi connectivity index (χ1) is 16.3. The van der Waals surface area contributed by atoms with Gasteiger partial charge in [0.2, 0.25) is 0 Å². The molecule has 1 aliphatic rings. The standard InChI is InChI=1S/C26H24BrNO6/c27-19-9-11-21(12-10-19)28(20-6-2-1-3-7-20)25(31)34-17-26(32)14-13-22-18(15-26)5-4-8-23(22)33-16-24(29)30/h1-12,32H,13-17H2,(H,29,30)/t26-/m1/s1. The van der Waals surface area contributed by atoms with Gasteiger partial charge in [0.05, 0.1) is 11.4 Å². The number of carbonyl (C=O) groups is 2. The van der Waals surface area contributed by atoms with E-state index in [0.29, 0.717) is 30.0 Å². The largest absolute Gasteiger partial charge is 0.482 e. The molecular formula is C26H24BrNO6. The molecule has 8 heteroatoms. The predicted octanol–water partition coefficient (Wildman–Crippen LogP) is 5.11. The van der Waals surface area contributed by atoms with E-state index in [9.17, 15) is 14.7 Å². The Balaban J connectivity index is 1.49. The Morgan fingerprint density at radius 2 is 1.68 bits per heavy atom. The molecule has 0 saturated heterocycles. The summed E-state index contributed by atoms with van der Waals surface area (Å²) >= 11 is 3.41. The summed E-state index contributed by atoms with van der Waals surface area (Å²) in [5.74, 6) is -0.546. The van der Waals surface area contributed by atoms with E-state index in [-0.39, 0.29) is 13.0 Å². The number of aliphatic hydroxyl groups is 1. The van der Waals surface area contributed by atoms with Gasteiger partial charge in [0.15, 0.2) is 6.61 Å². The molecule has 0 aliphatic heterocycles. The molecule has 34 heavy (non-hydrogen) atoms. The Morgan fingerprint density at radius 3 is 2.38 bits per heavy atom. The number of para-hydroxylation sites is 1. The highest BCUT2D eigenvalue weighted by Crippen LogP contribution is 2.35. The van der Waals surface area contributed by atoms with E-state index in [1.165, 1.54) is 4.90 Å². The van der Waals surface area contributed by atoms with Gasteiger partial charge in [0.25, 0.3) is 0 Å². The molecule has 0 spiro atoms. The first kappa shape index (κ1) is 23.8. The third-order valence-corrected chi connectivity index (χ3v) is 6.22. The second kappa shape index (κ2) is 10.3. The van der Waals surface area contributed by atoms with E-state index in [0.717, 1.165) is 15.6 Å². The fourth-order valence-corrected chi connectivity index (χ4v) is 4.31. The molecule has 0 aromatic heterocycles. The van der Waals surface area contributed by atoms with Crippen molar-refractivity contribution in [2.45, 2.75) is 24.9 Å². The van der Waals surface area contributed by atoms with Gasteiger partial charge in [-0.25, -0.2) is 14.5 Å². The SMILES string of the molecule is O=C(O)COc1cccc2c1CC[C@](O)(COC(=O)N(c1ccccc1)c1ccc(Br)cc1)C2. The van der Waals surface area contributed by atoms with Crippen LogP contribution in [0.1, 0.15) is 17.5 Å². The van der Waals surface area contributed by atoms with Gasteiger partial charge in [-0.05, 0) is 66.4 Å². The molecule has 1 atom stereocenters. The summed E-state index contributed by atoms with van der Waals surface area (Å²) in [5.41, 5.74) is 1.77. The smallest absolute Gasteiger partial charge is 0.419 e. The number of carbonyl (C=O) groups excluding carboxylic acids is 1. The maximum Gasteiger partial charge on any atom is 0.419 e. The van der Waals surface area contributed by atoms with Crippen molar-refractivity contribution in [1.82, 2.24) is 0 Å². The highest BCUT2D eigenvalue weighted by Gasteiger charge is 2.35. The number of hydrogen-bond acceptors (Lipinski definition) is 5. The number of benzene rings is 3. The summed E-state index contributed by atoms with van der Waals surface area (Å²) in [6.07, 6.45) is 0.508. The topological polar surface area (TPSA) is 96.3 Å². The Labute approximate surface area is 205 Å². The van der Waals surface area contributed by atoms with E-state index in [4.69, 9.17) is 14.6 Å². The quantitative estimate of drug-likeness (QED) is 0.445. The van der Waals surface area contributed by atoms with Crippen LogP contribution in [0.25, 0.3) is 0 Å². The van der Waals surface area contributed by atoms with Crippen molar-refractivity contribution in [3.8, 4) is 5.75 Å². The maximum atomic E-state index is 13.2. The number of hydrogen-bond donors (Lipinski definition) is 2. The lowest BCUT2D eigenvalue weighted by Gasteiger charge is -2.34. The van der Waals surface area contributed by atoms with Crippen LogP contribution in [0.4, 0.5) is 16.2 Å². The second-order valence-corrected chi connectivity index (χ2v) is 9.09. The fourth-order valence-electron chi connectivity index (χ4n) is 4.05. The molecule has 4 rings (SSSR count). The fraction of sp³-hybridized carbons (Fsp3) is 0.231. The summed E-state index contributed by atoms with van der Waals surface area (Å²) in [4.78, 5) is 25.5. The molecular weight excluding hydrogens is 502 g/mol. The zero-order valence-electron chi connectivity index (χ0n) is 18.3. The molecule has 3 aromatic carbocycles. The van der Waals surface area contributed by atoms with Crippen molar-refractivity contribution >= 4 is 39.4 Å². The van der Waals surface area contributed by atoms with Crippen molar-refractivity contribution in [2.24, 2.45) is 0 Å². The summed E-state index contributed by atoms with van der Waals surface area (Å²) in [5, 5.41) is 20.1. The zero-order chi connectivity index (χ0) is 24.1. The van der Waals surface area contributed by atoms with E-state index in [1.54, 1.807) is 12.1 Å². The lowest BCUT2D eigenvalue weighted by atomic mass is 9.80. The van der Waals surface area contributed by atoms with Gasteiger partial charge in [-0.2, -0.15) is 0 Å².